The van der Waals surface area contributed by atoms with Gasteiger partial charge in [0.05, 0.1) is 12.2 Å². The van der Waals surface area contributed by atoms with Crippen LogP contribution in [-0.4, -0.2) is 25.2 Å². The highest BCUT2D eigenvalue weighted by atomic mass is 16.5. The average Bonchev–Trinajstić information content (AvgIpc) is 1.84. The quantitative estimate of drug-likeness (QED) is 0.495. The van der Waals surface area contributed by atoms with Gasteiger partial charge in [-0.05, 0) is 13.8 Å². The number of ether oxygens (including phenoxy) is 1. The maximum absolute atomic E-state index is 7.34. The van der Waals surface area contributed by atoms with Crippen LogP contribution in [0.3, 0.4) is 0 Å². The van der Waals surface area contributed by atoms with Crippen LogP contribution >= 0.6 is 0 Å². The van der Waals surface area contributed by atoms with Crippen LogP contribution in [0.25, 0.3) is 0 Å². The largest absolute Gasteiger partial charge is 0.373 e. The first-order valence-corrected chi connectivity index (χ1v) is 2.87. The molecule has 2 heteroatoms. The highest BCUT2D eigenvalue weighted by Gasteiger charge is 2.12. The molecule has 0 aromatic heterocycles. The lowest BCUT2D eigenvalue weighted by Crippen LogP contribution is -2.41. The fourth-order valence-corrected chi connectivity index (χ4v) is 0.744. The molecule has 48 valence electrons. The van der Waals surface area contributed by atoms with Gasteiger partial charge in [0.1, 0.15) is 0 Å². The molecular formula is C6H13NO. The Labute approximate surface area is 53.0 Å². The SMILES string of the molecule is [2H]C1NC([2H])C(C)OC1C. The zero-order valence-electron chi connectivity index (χ0n) is 7.22. The third-order valence-electron chi connectivity index (χ3n) is 1.09. The van der Waals surface area contributed by atoms with Crippen molar-refractivity contribution in [1.82, 2.24) is 5.32 Å². The molecule has 8 heavy (non-hydrogen) atoms. The summed E-state index contributed by atoms with van der Waals surface area (Å²) in [6.45, 7) is 2.79. The van der Waals surface area contributed by atoms with E-state index in [1.807, 2.05) is 13.8 Å². The highest BCUT2D eigenvalue weighted by molar-refractivity contribution is 4.66. The van der Waals surface area contributed by atoms with Crippen molar-refractivity contribution in [2.24, 2.45) is 0 Å². The number of hydrogen-bond acceptors (Lipinski definition) is 2. The second kappa shape index (κ2) is 2.46. The van der Waals surface area contributed by atoms with E-state index >= 15 is 0 Å². The Hall–Kier alpha value is -0.0800. The van der Waals surface area contributed by atoms with Crippen molar-refractivity contribution < 1.29 is 7.48 Å². The topological polar surface area (TPSA) is 21.3 Å². The second-order valence-corrected chi connectivity index (χ2v) is 2.05. The Morgan fingerprint density at radius 2 is 2.00 bits per heavy atom. The molecule has 2 nitrogen and oxygen atoms in total. The van der Waals surface area contributed by atoms with Crippen molar-refractivity contribution in [1.29, 1.82) is 0 Å². The minimum absolute atomic E-state index is 0.100. The summed E-state index contributed by atoms with van der Waals surface area (Å²) in [5.41, 5.74) is 0. The lowest BCUT2D eigenvalue weighted by Gasteiger charge is -2.25. The summed E-state index contributed by atoms with van der Waals surface area (Å²) in [5.74, 6) is 0. The monoisotopic (exact) mass is 117 g/mol. The zero-order valence-corrected chi connectivity index (χ0v) is 5.22. The molecule has 0 aliphatic carbocycles. The van der Waals surface area contributed by atoms with Gasteiger partial charge in [-0.15, -0.1) is 0 Å². The molecule has 4 atom stereocenters. The molecule has 1 aliphatic rings. The van der Waals surface area contributed by atoms with E-state index in [9.17, 15) is 0 Å². The second-order valence-electron chi connectivity index (χ2n) is 2.05. The fourth-order valence-electron chi connectivity index (χ4n) is 0.744. The number of rotatable bonds is 0. The van der Waals surface area contributed by atoms with E-state index in [1.54, 1.807) is 0 Å². The summed E-state index contributed by atoms with van der Waals surface area (Å²) in [7, 11) is 0. The van der Waals surface area contributed by atoms with E-state index < -0.39 is 13.0 Å². The van der Waals surface area contributed by atoms with E-state index in [2.05, 4.69) is 5.32 Å². The van der Waals surface area contributed by atoms with Crippen LogP contribution < -0.4 is 5.32 Å². The average molecular weight is 117 g/mol. The molecule has 1 rings (SSSR count). The van der Waals surface area contributed by atoms with Crippen molar-refractivity contribution in [3.05, 3.63) is 0 Å². The summed E-state index contributed by atoms with van der Waals surface area (Å²) in [5, 5.41) is 2.79. The Morgan fingerprint density at radius 1 is 1.50 bits per heavy atom. The van der Waals surface area contributed by atoms with Gasteiger partial charge in [-0.3, -0.25) is 0 Å². The Morgan fingerprint density at radius 3 is 2.38 bits per heavy atom. The fraction of sp³-hybridized carbons (Fsp3) is 1.00. The molecule has 0 aromatic rings. The summed E-state index contributed by atoms with van der Waals surface area (Å²) >= 11 is 0. The van der Waals surface area contributed by atoms with Crippen molar-refractivity contribution in [3.8, 4) is 0 Å². The summed E-state index contributed by atoms with van der Waals surface area (Å²) in [6.07, 6.45) is -0.201. The molecule has 0 bridgehead atoms. The lowest BCUT2D eigenvalue weighted by molar-refractivity contribution is -0.0166. The van der Waals surface area contributed by atoms with Gasteiger partial charge in [0.2, 0.25) is 0 Å². The lowest BCUT2D eigenvalue weighted by atomic mass is 10.3. The van der Waals surface area contributed by atoms with Crippen LogP contribution in [0, 0.1) is 0 Å². The summed E-state index contributed by atoms with van der Waals surface area (Å²) in [6, 6.07) is 0. The van der Waals surface area contributed by atoms with Gasteiger partial charge in [-0.1, -0.05) is 0 Å². The molecule has 0 amide bonds. The van der Waals surface area contributed by atoms with Crippen molar-refractivity contribution in [2.45, 2.75) is 26.1 Å². The van der Waals surface area contributed by atoms with Crippen molar-refractivity contribution >= 4 is 0 Å². The molecule has 1 heterocycles. The minimum atomic E-state index is -0.446. The first-order valence-electron chi connectivity index (χ1n) is 4.02. The van der Waals surface area contributed by atoms with Gasteiger partial charge in [0.15, 0.2) is 0 Å². The molecule has 1 aliphatic heterocycles. The van der Waals surface area contributed by atoms with Crippen LogP contribution in [0.2, 0.25) is 0 Å². The Balaban J connectivity index is 2.46. The standard InChI is InChI=1S/C6H13NO/c1-5-3-7-4-6(2)8-5/h5-7H,3-4H2,1-2H3/i3D,4D. The van der Waals surface area contributed by atoms with Crippen LogP contribution in [0.4, 0.5) is 0 Å². The van der Waals surface area contributed by atoms with E-state index in [1.165, 1.54) is 0 Å². The molecule has 4 unspecified atom stereocenters. The predicted octanol–water partition coefficient (Wildman–Crippen LogP) is 0.383. The van der Waals surface area contributed by atoms with E-state index in [0.717, 1.165) is 0 Å². The van der Waals surface area contributed by atoms with Crippen molar-refractivity contribution in [2.75, 3.05) is 13.0 Å². The minimum Gasteiger partial charge on any atom is -0.373 e. The predicted molar refractivity (Wildman–Crippen MR) is 32.9 cm³/mol. The Bertz CT molecular complexity index is 96.3. The third-order valence-corrected chi connectivity index (χ3v) is 1.09. The maximum atomic E-state index is 7.34. The van der Waals surface area contributed by atoms with Gasteiger partial charge >= 0.3 is 0 Å². The molecule has 1 N–H and O–H groups in total. The molecule has 1 fully saturated rings. The summed E-state index contributed by atoms with van der Waals surface area (Å²) in [4.78, 5) is 0. The van der Waals surface area contributed by atoms with Crippen LogP contribution in [0.1, 0.15) is 16.6 Å². The normalized spacial score (nSPS) is 61.8. The van der Waals surface area contributed by atoms with E-state index in [0.29, 0.717) is 0 Å². The van der Waals surface area contributed by atoms with Gasteiger partial charge < -0.3 is 10.1 Å². The molecule has 0 spiro atoms. The molecule has 0 aromatic carbocycles. The first kappa shape index (κ1) is 3.85. The zero-order chi connectivity index (χ0) is 7.72. The van der Waals surface area contributed by atoms with E-state index in [-0.39, 0.29) is 12.2 Å². The van der Waals surface area contributed by atoms with Crippen LogP contribution in [0.5, 0.6) is 0 Å². The molecular weight excluding hydrogens is 102 g/mol. The Kier molecular flexibility index (Phi) is 1.19. The van der Waals surface area contributed by atoms with Gasteiger partial charge in [0.25, 0.3) is 0 Å². The highest BCUT2D eigenvalue weighted by Crippen LogP contribution is 2.00. The van der Waals surface area contributed by atoms with Crippen LogP contribution in [0.15, 0.2) is 0 Å². The smallest absolute Gasteiger partial charge is 0.0675 e. The van der Waals surface area contributed by atoms with Gasteiger partial charge in [-0.2, -0.15) is 0 Å². The number of morpholine rings is 1. The van der Waals surface area contributed by atoms with Crippen LogP contribution in [-0.2, 0) is 4.74 Å². The first-order chi connectivity index (χ1) is 4.61. The van der Waals surface area contributed by atoms with Gasteiger partial charge in [-0.25, -0.2) is 0 Å². The van der Waals surface area contributed by atoms with Crippen molar-refractivity contribution in [3.63, 3.8) is 0 Å². The number of hydrogen-bond donors (Lipinski definition) is 1. The molecule has 1 saturated heterocycles. The number of nitrogens with one attached hydrogen (secondary N) is 1. The third kappa shape index (κ3) is 1.46. The van der Waals surface area contributed by atoms with Gasteiger partial charge in [0, 0.05) is 15.8 Å². The molecule has 0 radical (unpaired) electrons. The summed E-state index contributed by atoms with van der Waals surface area (Å²) < 4.78 is 20.0. The maximum Gasteiger partial charge on any atom is 0.0675 e. The van der Waals surface area contributed by atoms with E-state index in [4.69, 9.17) is 7.48 Å². The molecule has 0 saturated carbocycles.